The SMILES string of the molecule is CN1CC(C(=O)N(CCCN2CCC(O)(c3ccc(Cl)cc3)CC2)c2ccccc2)CC1=O. The van der Waals surface area contributed by atoms with E-state index in [1.54, 1.807) is 11.9 Å². The number of anilines is 1. The van der Waals surface area contributed by atoms with Crippen LogP contribution in [0.1, 0.15) is 31.2 Å². The average molecular weight is 470 g/mol. The number of piperidine rings is 1. The van der Waals surface area contributed by atoms with E-state index in [4.69, 9.17) is 11.6 Å². The van der Waals surface area contributed by atoms with E-state index >= 15 is 0 Å². The lowest BCUT2D eigenvalue weighted by molar-refractivity contribution is -0.127. The Morgan fingerprint density at radius 1 is 1.12 bits per heavy atom. The van der Waals surface area contributed by atoms with Crippen LogP contribution in [-0.2, 0) is 15.2 Å². The van der Waals surface area contributed by atoms with Gasteiger partial charge in [0.25, 0.3) is 0 Å². The quantitative estimate of drug-likeness (QED) is 0.673. The summed E-state index contributed by atoms with van der Waals surface area (Å²) in [6.45, 7) is 3.56. The van der Waals surface area contributed by atoms with Crippen molar-refractivity contribution in [3.63, 3.8) is 0 Å². The largest absolute Gasteiger partial charge is 0.385 e. The van der Waals surface area contributed by atoms with E-state index in [0.717, 1.165) is 37.3 Å². The molecule has 1 atom stereocenters. The molecule has 4 rings (SSSR count). The third kappa shape index (κ3) is 5.57. The number of amides is 2. The Kier molecular flexibility index (Phi) is 7.37. The number of hydrogen-bond acceptors (Lipinski definition) is 4. The summed E-state index contributed by atoms with van der Waals surface area (Å²) in [5.41, 5.74) is 0.984. The van der Waals surface area contributed by atoms with Crippen LogP contribution in [0.25, 0.3) is 0 Å². The van der Waals surface area contributed by atoms with Gasteiger partial charge in [-0.2, -0.15) is 0 Å². The van der Waals surface area contributed by atoms with E-state index in [9.17, 15) is 14.7 Å². The van der Waals surface area contributed by atoms with Gasteiger partial charge in [0.05, 0.1) is 11.5 Å². The molecule has 2 aliphatic rings. The molecule has 6 nitrogen and oxygen atoms in total. The Balaban J connectivity index is 1.33. The Morgan fingerprint density at radius 2 is 1.79 bits per heavy atom. The Hall–Kier alpha value is -2.41. The molecule has 33 heavy (non-hydrogen) atoms. The first-order valence-electron chi connectivity index (χ1n) is 11.7. The zero-order valence-electron chi connectivity index (χ0n) is 19.1. The minimum atomic E-state index is -0.811. The van der Waals surface area contributed by atoms with Crippen LogP contribution in [0.15, 0.2) is 54.6 Å². The highest BCUT2D eigenvalue weighted by Crippen LogP contribution is 2.33. The van der Waals surface area contributed by atoms with Crippen LogP contribution in [0.3, 0.4) is 0 Å². The summed E-state index contributed by atoms with van der Waals surface area (Å²) >= 11 is 5.99. The van der Waals surface area contributed by atoms with Gasteiger partial charge in [-0.15, -0.1) is 0 Å². The fourth-order valence-corrected chi connectivity index (χ4v) is 5.00. The van der Waals surface area contributed by atoms with Crippen molar-refractivity contribution in [3.8, 4) is 0 Å². The molecule has 0 saturated carbocycles. The van der Waals surface area contributed by atoms with Crippen LogP contribution in [0, 0.1) is 5.92 Å². The van der Waals surface area contributed by atoms with Crippen molar-refractivity contribution in [3.05, 3.63) is 65.2 Å². The molecule has 2 amide bonds. The molecular formula is C26H32ClN3O3. The number of hydrogen-bond donors (Lipinski definition) is 1. The number of para-hydroxylation sites is 1. The predicted octanol–water partition coefficient (Wildman–Crippen LogP) is 3.53. The Labute approximate surface area is 200 Å². The van der Waals surface area contributed by atoms with Gasteiger partial charge >= 0.3 is 0 Å². The molecule has 2 saturated heterocycles. The maximum absolute atomic E-state index is 13.3. The van der Waals surface area contributed by atoms with E-state index < -0.39 is 5.60 Å². The molecule has 1 unspecified atom stereocenters. The summed E-state index contributed by atoms with van der Waals surface area (Å²) in [7, 11) is 1.75. The van der Waals surface area contributed by atoms with Gasteiger partial charge in [-0.3, -0.25) is 9.59 Å². The van der Waals surface area contributed by atoms with Gasteiger partial charge < -0.3 is 19.8 Å². The van der Waals surface area contributed by atoms with Crippen LogP contribution >= 0.6 is 11.6 Å². The number of carbonyl (C=O) groups excluding carboxylic acids is 2. The first-order valence-corrected chi connectivity index (χ1v) is 12.0. The summed E-state index contributed by atoms with van der Waals surface area (Å²) in [6, 6.07) is 17.2. The molecule has 0 spiro atoms. The molecule has 2 heterocycles. The van der Waals surface area contributed by atoms with Crippen molar-refractivity contribution in [2.75, 3.05) is 44.7 Å². The van der Waals surface area contributed by atoms with Gasteiger partial charge in [0.1, 0.15) is 0 Å². The van der Waals surface area contributed by atoms with Crippen LogP contribution in [-0.4, -0.2) is 66.5 Å². The topological polar surface area (TPSA) is 64.1 Å². The lowest BCUT2D eigenvalue weighted by Crippen LogP contribution is -2.44. The van der Waals surface area contributed by atoms with Crippen LogP contribution < -0.4 is 4.90 Å². The maximum atomic E-state index is 13.3. The Morgan fingerprint density at radius 3 is 2.39 bits per heavy atom. The number of rotatable bonds is 7. The van der Waals surface area contributed by atoms with Crippen molar-refractivity contribution in [1.29, 1.82) is 0 Å². The molecule has 2 aromatic rings. The van der Waals surface area contributed by atoms with Crippen LogP contribution in [0.5, 0.6) is 0 Å². The third-order valence-corrected chi connectivity index (χ3v) is 7.20. The standard InChI is InChI=1S/C26H32ClN3O3/c1-28-19-20(18-24(28)31)25(32)30(23-6-3-2-4-7-23)15-5-14-29-16-12-26(33,13-17-29)21-8-10-22(27)11-9-21/h2-4,6-11,20,33H,5,12-19H2,1H3. The van der Waals surface area contributed by atoms with Gasteiger partial charge in [-0.1, -0.05) is 41.9 Å². The third-order valence-electron chi connectivity index (χ3n) is 6.95. The first-order chi connectivity index (χ1) is 15.9. The predicted molar refractivity (Wildman–Crippen MR) is 130 cm³/mol. The zero-order valence-corrected chi connectivity index (χ0v) is 19.9. The van der Waals surface area contributed by atoms with E-state index in [0.29, 0.717) is 31.0 Å². The number of carbonyl (C=O) groups is 2. The normalized spacial score (nSPS) is 20.8. The number of benzene rings is 2. The molecule has 7 heteroatoms. The highest BCUT2D eigenvalue weighted by Gasteiger charge is 2.36. The number of halogens is 1. The number of nitrogens with zero attached hydrogens (tertiary/aromatic N) is 3. The van der Waals surface area contributed by atoms with E-state index in [2.05, 4.69) is 4.90 Å². The van der Waals surface area contributed by atoms with Crippen LogP contribution in [0.2, 0.25) is 5.02 Å². The lowest BCUT2D eigenvalue weighted by atomic mass is 9.84. The van der Waals surface area contributed by atoms with Crippen molar-refractivity contribution in [2.45, 2.75) is 31.3 Å². The molecule has 176 valence electrons. The second-order valence-corrected chi connectivity index (χ2v) is 9.67. The molecule has 0 bridgehead atoms. The highest BCUT2D eigenvalue weighted by molar-refractivity contribution is 6.30. The minimum Gasteiger partial charge on any atom is -0.385 e. The first kappa shape index (κ1) is 23.7. The van der Waals surface area contributed by atoms with Gasteiger partial charge in [0.15, 0.2) is 0 Å². The second kappa shape index (κ2) is 10.2. The smallest absolute Gasteiger partial charge is 0.232 e. The van der Waals surface area contributed by atoms with Crippen molar-refractivity contribution >= 4 is 29.1 Å². The van der Waals surface area contributed by atoms with E-state index in [1.165, 1.54) is 0 Å². The van der Waals surface area contributed by atoms with Crippen molar-refractivity contribution in [2.24, 2.45) is 5.92 Å². The molecular weight excluding hydrogens is 438 g/mol. The van der Waals surface area contributed by atoms with Gasteiger partial charge in [0.2, 0.25) is 11.8 Å². The van der Waals surface area contributed by atoms with Gasteiger partial charge in [0, 0.05) is 50.4 Å². The lowest BCUT2D eigenvalue weighted by Gasteiger charge is -2.39. The van der Waals surface area contributed by atoms with Gasteiger partial charge in [-0.05, 0) is 55.6 Å². The summed E-state index contributed by atoms with van der Waals surface area (Å²) in [4.78, 5) is 31.1. The molecule has 2 aliphatic heterocycles. The Bertz CT molecular complexity index is 959. The summed E-state index contributed by atoms with van der Waals surface area (Å²) in [6.07, 6.45) is 2.46. The molecule has 1 N–H and O–H groups in total. The molecule has 0 radical (unpaired) electrons. The molecule has 2 aromatic carbocycles. The summed E-state index contributed by atoms with van der Waals surface area (Å²) in [5.74, 6) is -0.232. The maximum Gasteiger partial charge on any atom is 0.232 e. The van der Waals surface area contributed by atoms with E-state index in [1.807, 2.05) is 59.5 Å². The van der Waals surface area contributed by atoms with Gasteiger partial charge in [-0.25, -0.2) is 0 Å². The summed E-state index contributed by atoms with van der Waals surface area (Å²) < 4.78 is 0. The van der Waals surface area contributed by atoms with Crippen molar-refractivity contribution < 1.29 is 14.7 Å². The fourth-order valence-electron chi connectivity index (χ4n) is 4.87. The molecule has 0 aliphatic carbocycles. The zero-order chi connectivity index (χ0) is 23.4. The fraction of sp³-hybridized carbons (Fsp3) is 0.462. The monoisotopic (exact) mass is 469 g/mol. The second-order valence-electron chi connectivity index (χ2n) is 9.23. The number of aliphatic hydroxyl groups is 1. The van der Waals surface area contributed by atoms with Crippen LogP contribution in [0.4, 0.5) is 5.69 Å². The molecule has 0 aromatic heterocycles. The highest BCUT2D eigenvalue weighted by atomic mass is 35.5. The summed E-state index contributed by atoms with van der Waals surface area (Å²) in [5, 5.41) is 11.8. The van der Waals surface area contributed by atoms with Crippen molar-refractivity contribution in [1.82, 2.24) is 9.80 Å². The average Bonchev–Trinajstić information content (AvgIpc) is 3.17. The van der Waals surface area contributed by atoms with E-state index in [-0.39, 0.29) is 24.2 Å². The number of likely N-dealkylation sites (tertiary alicyclic amines) is 2. The minimum absolute atomic E-state index is 0.0228. The molecule has 2 fully saturated rings.